The van der Waals surface area contributed by atoms with E-state index in [1.54, 1.807) is 0 Å². The Labute approximate surface area is 141 Å². The lowest BCUT2D eigenvalue weighted by atomic mass is 10.2. The summed E-state index contributed by atoms with van der Waals surface area (Å²) in [4.78, 5) is 23.1. The second-order valence-corrected chi connectivity index (χ2v) is 6.87. The number of nitriles is 1. The second-order valence-electron chi connectivity index (χ2n) is 5.19. The zero-order valence-electron chi connectivity index (χ0n) is 12.9. The van der Waals surface area contributed by atoms with Crippen molar-refractivity contribution < 1.29 is 12.8 Å². The fourth-order valence-corrected chi connectivity index (χ4v) is 3.35. The third-order valence-corrected chi connectivity index (χ3v) is 4.96. The minimum absolute atomic E-state index is 0.0233. The van der Waals surface area contributed by atoms with E-state index in [9.17, 15) is 18.0 Å². The lowest BCUT2D eigenvalue weighted by Crippen LogP contribution is -2.23. The fourth-order valence-electron chi connectivity index (χ4n) is 2.27. The van der Waals surface area contributed by atoms with Crippen molar-refractivity contribution in [3.8, 4) is 6.07 Å². The highest BCUT2D eigenvalue weighted by atomic mass is 32.2. The highest BCUT2D eigenvalue weighted by Gasteiger charge is 2.17. The Balaban J connectivity index is 2.06. The molecule has 0 spiro atoms. The maximum absolute atomic E-state index is 12.5. The van der Waals surface area contributed by atoms with Crippen LogP contribution in [-0.4, -0.2) is 13.0 Å². The van der Waals surface area contributed by atoms with Gasteiger partial charge in [-0.1, -0.05) is 0 Å². The molecule has 0 unspecified atom stereocenters. The molecule has 8 nitrogen and oxygen atoms in total. The first-order valence-electron chi connectivity index (χ1n) is 6.99. The van der Waals surface area contributed by atoms with Gasteiger partial charge in [0.15, 0.2) is 0 Å². The van der Waals surface area contributed by atoms with Gasteiger partial charge in [0, 0.05) is 12.7 Å². The Bertz CT molecular complexity index is 1230. The molecule has 0 aliphatic carbocycles. The van der Waals surface area contributed by atoms with Crippen molar-refractivity contribution in [1.82, 2.24) is 4.57 Å². The van der Waals surface area contributed by atoms with Gasteiger partial charge < -0.3 is 4.42 Å². The minimum Gasteiger partial charge on any atom is -0.372 e. The van der Waals surface area contributed by atoms with Crippen molar-refractivity contribution in [1.29, 1.82) is 5.26 Å². The van der Waals surface area contributed by atoms with Gasteiger partial charge >= 0.3 is 11.4 Å². The first-order chi connectivity index (χ1) is 11.8. The number of nitrogens with zero attached hydrogens (tertiary/aromatic N) is 2. The van der Waals surface area contributed by atoms with Gasteiger partial charge in [0.2, 0.25) is 0 Å². The summed E-state index contributed by atoms with van der Waals surface area (Å²) in [5, 5.41) is 8.73. The van der Waals surface area contributed by atoms with E-state index in [4.69, 9.17) is 5.26 Å². The van der Waals surface area contributed by atoms with E-state index in [1.165, 1.54) is 43.4 Å². The Kier molecular flexibility index (Phi) is 3.90. The molecule has 0 saturated heterocycles. The highest BCUT2D eigenvalue weighted by molar-refractivity contribution is 7.92. The van der Waals surface area contributed by atoms with Gasteiger partial charge in [0.1, 0.15) is 0 Å². The van der Waals surface area contributed by atoms with Gasteiger partial charge in [-0.25, -0.2) is 18.0 Å². The fraction of sp³-hybridized carbons (Fsp3) is 0.0625. The van der Waals surface area contributed by atoms with Crippen LogP contribution >= 0.6 is 0 Å². The Morgan fingerprint density at radius 2 is 1.80 bits per heavy atom. The van der Waals surface area contributed by atoms with Crippen LogP contribution in [0.2, 0.25) is 0 Å². The summed E-state index contributed by atoms with van der Waals surface area (Å²) >= 11 is 0. The number of rotatable bonds is 3. The molecular formula is C16H11N3O5S. The van der Waals surface area contributed by atoms with Crippen molar-refractivity contribution >= 4 is 26.6 Å². The van der Waals surface area contributed by atoms with E-state index in [-0.39, 0.29) is 21.5 Å². The molecule has 1 aromatic heterocycles. The molecule has 2 aromatic carbocycles. The molecule has 9 heteroatoms. The molecule has 0 radical (unpaired) electrons. The monoisotopic (exact) mass is 357 g/mol. The molecule has 0 bridgehead atoms. The average molecular weight is 357 g/mol. The second kappa shape index (κ2) is 5.92. The van der Waals surface area contributed by atoms with Crippen molar-refractivity contribution in [2.75, 3.05) is 4.72 Å². The smallest absolute Gasteiger partial charge is 0.372 e. The number of hydrogen-bond acceptors (Lipinski definition) is 6. The predicted octanol–water partition coefficient (Wildman–Crippen LogP) is 1.16. The number of nitrogens with one attached hydrogen (secondary N) is 1. The van der Waals surface area contributed by atoms with Crippen molar-refractivity contribution in [2.45, 2.75) is 4.90 Å². The Morgan fingerprint density at radius 1 is 1.12 bits per heavy atom. The summed E-state index contributed by atoms with van der Waals surface area (Å²) in [6, 6.07) is 11.6. The molecule has 0 fully saturated rings. The maximum atomic E-state index is 12.5. The first-order valence-corrected chi connectivity index (χ1v) is 8.47. The topological polar surface area (TPSA) is 122 Å². The largest absolute Gasteiger partial charge is 0.422 e. The molecular weight excluding hydrogens is 346 g/mol. The van der Waals surface area contributed by atoms with E-state index in [1.807, 2.05) is 6.07 Å². The lowest BCUT2D eigenvalue weighted by molar-refractivity contribution is 0.432. The van der Waals surface area contributed by atoms with Gasteiger partial charge in [-0.2, -0.15) is 5.26 Å². The summed E-state index contributed by atoms with van der Waals surface area (Å²) in [5.41, 5.74) is 0.0193. The quantitative estimate of drug-likeness (QED) is 0.750. The minimum atomic E-state index is -3.96. The van der Waals surface area contributed by atoms with Gasteiger partial charge in [-0.05, 0) is 42.5 Å². The molecule has 0 atom stereocenters. The number of anilines is 1. The van der Waals surface area contributed by atoms with Crippen LogP contribution in [0.15, 0.2) is 61.4 Å². The summed E-state index contributed by atoms with van der Waals surface area (Å²) < 4.78 is 33.0. The van der Waals surface area contributed by atoms with Crippen molar-refractivity contribution in [3.05, 3.63) is 69.0 Å². The molecule has 126 valence electrons. The molecule has 0 aliphatic rings. The van der Waals surface area contributed by atoms with Crippen LogP contribution in [0.5, 0.6) is 0 Å². The number of hydrogen-bond donors (Lipinski definition) is 1. The number of sulfonamides is 1. The lowest BCUT2D eigenvalue weighted by Gasteiger charge is -2.09. The zero-order valence-corrected chi connectivity index (χ0v) is 13.7. The molecule has 3 aromatic rings. The van der Waals surface area contributed by atoms with Crippen molar-refractivity contribution in [2.24, 2.45) is 7.05 Å². The van der Waals surface area contributed by atoms with E-state index in [2.05, 4.69) is 9.14 Å². The Hall–Kier alpha value is -3.38. The van der Waals surface area contributed by atoms with Crippen LogP contribution in [0, 0.1) is 11.3 Å². The highest BCUT2D eigenvalue weighted by Crippen LogP contribution is 2.19. The van der Waals surface area contributed by atoms with E-state index in [0.29, 0.717) is 5.56 Å². The summed E-state index contributed by atoms with van der Waals surface area (Å²) in [5.74, 6) is -0.830. The SMILES string of the molecule is Cn1c(=O)oc(=O)c2cc(S(=O)(=O)Nc3ccc(C#N)cc3)ccc21. The number of fused-ring (bicyclic) bond motifs is 1. The third-order valence-electron chi connectivity index (χ3n) is 3.58. The van der Waals surface area contributed by atoms with Gasteiger partial charge in [0.05, 0.1) is 27.4 Å². The van der Waals surface area contributed by atoms with Crippen LogP contribution in [0.25, 0.3) is 10.9 Å². The zero-order chi connectivity index (χ0) is 18.2. The molecule has 0 aliphatic heterocycles. The standard InChI is InChI=1S/C16H11N3O5S/c1-19-14-7-6-12(8-13(14)15(20)24-16(19)21)25(22,23)18-11-4-2-10(9-17)3-5-11/h2-8,18H,1H3. The van der Waals surface area contributed by atoms with E-state index >= 15 is 0 Å². The number of aromatic nitrogens is 1. The molecule has 1 N–H and O–H groups in total. The van der Waals surface area contributed by atoms with Gasteiger partial charge in [-0.15, -0.1) is 0 Å². The normalized spacial score (nSPS) is 11.2. The molecule has 25 heavy (non-hydrogen) atoms. The molecule has 1 heterocycles. The average Bonchev–Trinajstić information content (AvgIpc) is 2.59. The van der Waals surface area contributed by atoms with Crippen LogP contribution < -0.4 is 16.1 Å². The van der Waals surface area contributed by atoms with Crippen LogP contribution in [0.1, 0.15) is 5.56 Å². The van der Waals surface area contributed by atoms with Crippen LogP contribution in [0.4, 0.5) is 5.69 Å². The van der Waals surface area contributed by atoms with Gasteiger partial charge in [-0.3, -0.25) is 9.29 Å². The van der Waals surface area contributed by atoms with Crippen LogP contribution in [-0.2, 0) is 17.1 Å². The van der Waals surface area contributed by atoms with Gasteiger partial charge in [0.25, 0.3) is 10.0 Å². The van der Waals surface area contributed by atoms with Crippen molar-refractivity contribution in [3.63, 3.8) is 0 Å². The molecule has 0 amide bonds. The predicted molar refractivity (Wildman–Crippen MR) is 89.7 cm³/mol. The molecule has 0 saturated carbocycles. The Morgan fingerprint density at radius 3 is 2.44 bits per heavy atom. The summed E-state index contributed by atoms with van der Waals surface area (Å²) in [6.45, 7) is 0. The van der Waals surface area contributed by atoms with Crippen LogP contribution in [0.3, 0.4) is 0 Å². The summed E-state index contributed by atoms with van der Waals surface area (Å²) in [6.07, 6.45) is 0. The summed E-state index contributed by atoms with van der Waals surface area (Å²) in [7, 11) is -2.55. The molecule has 3 rings (SSSR count). The number of benzene rings is 2. The number of aryl methyl sites for hydroxylation is 1. The van der Waals surface area contributed by atoms with E-state index < -0.39 is 21.4 Å². The third kappa shape index (κ3) is 3.02. The first kappa shape index (κ1) is 16.5. The maximum Gasteiger partial charge on any atom is 0.422 e. The van der Waals surface area contributed by atoms with E-state index in [0.717, 1.165) is 10.6 Å².